The molecule has 5 nitrogen and oxygen atoms in total. The monoisotopic (exact) mass is 345 g/mol. The Kier molecular flexibility index (Phi) is 5.42. The van der Waals surface area contributed by atoms with E-state index in [1.54, 1.807) is 12.1 Å². The van der Waals surface area contributed by atoms with Crippen molar-refractivity contribution in [3.05, 3.63) is 28.2 Å². The predicted octanol–water partition coefficient (Wildman–Crippen LogP) is 3.21. The molecule has 112 valence electrons. The smallest absolute Gasteiger partial charge is 0.407 e. The van der Waals surface area contributed by atoms with Gasteiger partial charge in [-0.25, -0.2) is 4.79 Å². The highest BCUT2D eigenvalue weighted by atomic mass is 79.9. The second kappa shape index (κ2) is 6.45. The fourth-order valence-electron chi connectivity index (χ4n) is 2.29. The zero-order valence-corrected chi connectivity index (χ0v) is 13.4. The summed E-state index contributed by atoms with van der Waals surface area (Å²) in [6.45, 7) is 5.40. The number of phenolic OH excluding ortho intramolecular Hbond substituents is 1. The summed E-state index contributed by atoms with van der Waals surface area (Å²) in [5.41, 5.74) is 0.0778. The molecule has 3 N–H and O–H groups in total. The molecule has 1 rings (SSSR count). The van der Waals surface area contributed by atoms with E-state index in [1.165, 1.54) is 6.07 Å². The quantitative estimate of drug-likeness (QED) is 0.782. The lowest BCUT2D eigenvalue weighted by molar-refractivity contribution is 0.0683. The second-order valence-corrected chi connectivity index (χ2v) is 6.59. The zero-order valence-electron chi connectivity index (χ0n) is 11.8. The molecule has 0 fully saturated rings. The maximum absolute atomic E-state index is 11.5. The van der Waals surface area contributed by atoms with Crippen molar-refractivity contribution >= 4 is 22.0 Å². The fourth-order valence-corrected chi connectivity index (χ4v) is 2.67. The van der Waals surface area contributed by atoms with Crippen molar-refractivity contribution in [1.82, 2.24) is 4.90 Å². The number of rotatable bonds is 4. The van der Waals surface area contributed by atoms with Gasteiger partial charge in [0.05, 0.1) is 12.6 Å². The lowest BCUT2D eigenvalue weighted by Gasteiger charge is -2.39. The third kappa shape index (κ3) is 3.86. The minimum Gasteiger partial charge on any atom is -0.508 e. The molecule has 1 aromatic carbocycles. The molecule has 1 amide bonds. The SMILES string of the molecule is CC(C)(C)C(c1cc(Br)ccc1O)N(CCO)C(=O)O. The molecular formula is C14H20BrNO4. The van der Waals surface area contributed by atoms with Crippen LogP contribution < -0.4 is 0 Å². The minimum atomic E-state index is -1.13. The Morgan fingerprint density at radius 3 is 2.45 bits per heavy atom. The molecule has 0 saturated carbocycles. The highest BCUT2D eigenvalue weighted by molar-refractivity contribution is 9.10. The first-order valence-corrected chi connectivity index (χ1v) is 7.06. The van der Waals surface area contributed by atoms with Crippen molar-refractivity contribution < 1.29 is 20.1 Å². The standard InChI is InChI=1S/C14H20BrNO4/c1-14(2,3)12(16(6-7-17)13(19)20)10-8-9(15)4-5-11(10)18/h4-5,8,12,17-18H,6-7H2,1-3H3,(H,19,20). The van der Waals surface area contributed by atoms with Gasteiger partial charge in [0.25, 0.3) is 0 Å². The number of amides is 1. The Labute approximate surface area is 127 Å². The van der Waals surface area contributed by atoms with Gasteiger partial charge in [-0.3, -0.25) is 4.90 Å². The summed E-state index contributed by atoms with van der Waals surface area (Å²) in [5, 5.41) is 28.5. The van der Waals surface area contributed by atoms with Crippen molar-refractivity contribution in [2.75, 3.05) is 13.2 Å². The van der Waals surface area contributed by atoms with E-state index in [9.17, 15) is 15.0 Å². The zero-order chi connectivity index (χ0) is 15.5. The summed E-state index contributed by atoms with van der Waals surface area (Å²) in [4.78, 5) is 12.6. The minimum absolute atomic E-state index is 0.0107. The van der Waals surface area contributed by atoms with Crippen LogP contribution in [0.3, 0.4) is 0 Å². The number of phenols is 1. The molecule has 0 aliphatic heterocycles. The molecule has 0 radical (unpaired) electrons. The van der Waals surface area contributed by atoms with Crippen LogP contribution >= 0.6 is 15.9 Å². The molecule has 0 spiro atoms. The van der Waals surface area contributed by atoms with Crippen molar-refractivity contribution in [2.24, 2.45) is 5.41 Å². The van der Waals surface area contributed by atoms with Gasteiger partial charge < -0.3 is 15.3 Å². The average Bonchev–Trinajstić information content (AvgIpc) is 2.31. The number of nitrogens with zero attached hydrogens (tertiary/aromatic N) is 1. The maximum Gasteiger partial charge on any atom is 0.407 e. The Morgan fingerprint density at radius 1 is 1.40 bits per heavy atom. The number of aliphatic hydroxyl groups excluding tert-OH is 1. The van der Waals surface area contributed by atoms with Crippen molar-refractivity contribution in [3.63, 3.8) is 0 Å². The first kappa shape index (κ1) is 16.8. The van der Waals surface area contributed by atoms with Gasteiger partial charge in [0.2, 0.25) is 0 Å². The average molecular weight is 346 g/mol. The first-order valence-electron chi connectivity index (χ1n) is 6.27. The van der Waals surface area contributed by atoms with E-state index in [2.05, 4.69) is 15.9 Å². The van der Waals surface area contributed by atoms with Crippen LogP contribution in [0.2, 0.25) is 0 Å². The van der Waals surface area contributed by atoms with Gasteiger partial charge in [0.15, 0.2) is 0 Å². The fraction of sp³-hybridized carbons (Fsp3) is 0.500. The van der Waals surface area contributed by atoms with E-state index >= 15 is 0 Å². The van der Waals surface area contributed by atoms with Crippen molar-refractivity contribution in [1.29, 1.82) is 0 Å². The van der Waals surface area contributed by atoms with Gasteiger partial charge in [0.1, 0.15) is 5.75 Å². The number of benzene rings is 1. The van der Waals surface area contributed by atoms with Gasteiger partial charge in [-0.2, -0.15) is 0 Å². The molecule has 0 bridgehead atoms. The number of aromatic hydroxyl groups is 1. The molecule has 0 aromatic heterocycles. The summed E-state index contributed by atoms with van der Waals surface area (Å²) in [6, 6.07) is 4.36. The predicted molar refractivity (Wildman–Crippen MR) is 79.8 cm³/mol. The largest absolute Gasteiger partial charge is 0.508 e. The summed E-state index contributed by atoms with van der Waals surface area (Å²) in [6.07, 6.45) is -1.13. The number of hydrogen-bond acceptors (Lipinski definition) is 3. The lowest BCUT2D eigenvalue weighted by atomic mass is 9.81. The van der Waals surface area contributed by atoms with E-state index in [1.807, 2.05) is 20.8 Å². The van der Waals surface area contributed by atoms with Crippen LogP contribution in [0.1, 0.15) is 32.4 Å². The first-order chi connectivity index (χ1) is 9.18. The Morgan fingerprint density at radius 2 is 2.00 bits per heavy atom. The third-order valence-corrected chi connectivity index (χ3v) is 3.50. The number of hydrogen-bond donors (Lipinski definition) is 3. The number of carbonyl (C=O) groups is 1. The summed E-state index contributed by atoms with van der Waals surface area (Å²) >= 11 is 3.33. The number of carboxylic acid groups (broad SMARTS) is 1. The van der Waals surface area contributed by atoms with Crippen LogP contribution in [0, 0.1) is 5.41 Å². The molecule has 1 aromatic rings. The Hall–Kier alpha value is -1.27. The Balaban J connectivity index is 3.38. The van der Waals surface area contributed by atoms with E-state index < -0.39 is 17.6 Å². The third-order valence-electron chi connectivity index (χ3n) is 3.00. The van der Waals surface area contributed by atoms with Crippen LogP contribution in [0.25, 0.3) is 0 Å². The normalized spacial score (nSPS) is 13.1. The highest BCUT2D eigenvalue weighted by Gasteiger charge is 2.36. The van der Waals surface area contributed by atoms with Crippen molar-refractivity contribution in [3.8, 4) is 5.75 Å². The molecule has 0 aliphatic carbocycles. The van der Waals surface area contributed by atoms with E-state index in [-0.39, 0.29) is 18.9 Å². The highest BCUT2D eigenvalue weighted by Crippen LogP contribution is 2.42. The molecular weight excluding hydrogens is 326 g/mol. The molecule has 6 heteroatoms. The van der Waals surface area contributed by atoms with Crippen LogP contribution in [-0.4, -0.2) is 39.5 Å². The van der Waals surface area contributed by atoms with Gasteiger partial charge in [-0.15, -0.1) is 0 Å². The van der Waals surface area contributed by atoms with Crippen LogP contribution in [0.15, 0.2) is 22.7 Å². The lowest BCUT2D eigenvalue weighted by Crippen LogP contribution is -2.42. The Bertz CT molecular complexity index is 485. The second-order valence-electron chi connectivity index (χ2n) is 5.67. The van der Waals surface area contributed by atoms with Crippen LogP contribution in [0.5, 0.6) is 5.75 Å². The van der Waals surface area contributed by atoms with Gasteiger partial charge in [-0.05, 0) is 23.6 Å². The van der Waals surface area contributed by atoms with Crippen LogP contribution in [-0.2, 0) is 0 Å². The summed E-state index contributed by atoms with van der Waals surface area (Å²) in [5.74, 6) is 0.0392. The van der Waals surface area contributed by atoms with E-state index in [4.69, 9.17) is 5.11 Å². The van der Waals surface area contributed by atoms with Crippen LogP contribution in [0.4, 0.5) is 4.79 Å². The molecule has 1 unspecified atom stereocenters. The topological polar surface area (TPSA) is 81.0 Å². The van der Waals surface area contributed by atoms with E-state index in [0.29, 0.717) is 5.56 Å². The molecule has 20 heavy (non-hydrogen) atoms. The number of halogens is 1. The molecule has 0 saturated heterocycles. The van der Waals surface area contributed by atoms with E-state index in [0.717, 1.165) is 9.37 Å². The summed E-state index contributed by atoms with van der Waals surface area (Å²) < 4.78 is 0.758. The summed E-state index contributed by atoms with van der Waals surface area (Å²) in [7, 11) is 0. The van der Waals surface area contributed by atoms with Gasteiger partial charge >= 0.3 is 6.09 Å². The van der Waals surface area contributed by atoms with Gasteiger partial charge in [-0.1, -0.05) is 36.7 Å². The maximum atomic E-state index is 11.5. The number of aliphatic hydroxyl groups is 1. The molecule has 0 heterocycles. The molecule has 0 aliphatic rings. The van der Waals surface area contributed by atoms with Gasteiger partial charge in [0, 0.05) is 16.6 Å². The molecule has 1 atom stereocenters. The van der Waals surface area contributed by atoms with Crippen molar-refractivity contribution in [2.45, 2.75) is 26.8 Å².